The van der Waals surface area contributed by atoms with Crippen LogP contribution in [0.5, 0.6) is 0 Å². The molecule has 0 aromatic heterocycles. The van der Waals surface area contributed by atoms with Crippen LogP contribution in [0.2, 0.25) is 10.0 Å². The molecular formula is C18H17Cl2N3O3S. The molecule has 9 heteroatoms. The van der Waals surface area contributed by atoms with Gasteiger partial charge in [-0.05, 0) is 54.8 Å². The number of amides is 1. The van der Waals surface area contributed by atoms with E-state index in [0.29, 0.717) is 22.9 Å². The van der Waals surface area contributed by atoms with Crippen LogP contribution in [-0.4, -0.2) is 37.4 Å². The second kappa shape index (κ2) is 8.39. The Morgan fingerprint density at radius 2 is 1.67 bits per heavy atom. The SMILES string of the molecule is O=C(NN=Cc1ccc(Cl)cc1)C1CCCN1S(=O)(=O)c1ccc(Cl)cc1. The monoisotopic (exact) mass is 425 g/mol. The number of nitrogens with zero attached hydrogens (tertiary/aromatic N) is 2. The van der Waals surface area contributed by atoms with E-state index in [9.17, 15) is 13.2 Å². The summed E-state index contributed by atoms with van der Waals surface area (Å²) >= 11 is 11.6. The third kappa shape index (κ3) is 4.68. The summed E-state index contributed by atoms with van der Waals surface area (Å²) in [6.07, 6.45) is 2.52. The number of nitrogens with one attached hydrogen (secondary N) is 1. The maximum absolute atomic E-state index is 12.8. The van der Waals surface area contributed by atoms with Crippen molar-refractivity contribution in [3.63, 3.8) is 0 Å². The standard InChI is InChI=1S/C18H17Cl2N3O3S/c19-14-5-3-13(4-6-14)12-21-22-18(24)17-2-1-11-23(17)27(25,26)16-9-7-15(20)8-10-16/h3-10,12,17H,1-2,11H2,(H,22,24). The number of halogens is 2. The summed E-state index contributed by atoms with van der Waals surface area (Å²) in [4.78, 5) is 12.6. The molecule has 2 aromatic carbocycles. The Morgan fingerprint density at radius 1 is 1.07 bits per heavy atom. The molecule has 1 aliphatic rings. The number of hydrazone groups is 1. The Bertz CT molecular complexity index is 945. The Hall–Kier alpha value is -1.93. The van der Waals surface area contributed by atoms with Crippen LogP contribution in [0.1, 0.15) is 18.4 Å². The third-order valence-corrected chi connectivity index (χ3v) is 6.61. The fourth-order valence-corrected chi connectivity index (χ4v) is 4.73. The predicted molar refractivity (Wildman–Crippen MR) is 106 cm³/mol. The van der Waals surface area contributed by atoms with Crippen LogP contribution in [0.3, 0.4) is 0 Å². The van der Waals surface area contributed by atoms with E-state index in [-0.39, 0.29) is 11.4 Å². The van der Waals surface area contributed by atoms with Crippen LogP contribution in [0.15, 0.2) is 58.5 Å². The van der Waals surface area contributed by atoms with Gasteiger partial charge >= 0.3 is 0 Å². The zero-order valence-corrected chi connectivity index (χ0v) is 16.5. The highest BCUT2D eigenvalue weighted by atomic mass is 35.5. The van der Waals surface area contributed by atoms with Crippen molar-refractivity contribution in [1.82, 2.24) is 9.73 Å². The number of carbonyl (C=O) groups is 1. The molecule has 1 amide bonds. The van der Waals surface area contributed by atoms with Crippen molar-refractivity contribution in [3.8, 4) is 0 Å². The molecule has 0 spiro atoms. The Kier molecular flexibility index (Phi) is 6.16. The molecule has 1 heterocycles. The highest BCUT2D eigenvalue weighted by molar-refractivity contribution is 7.89. The molecule has 1 saturated heterocycles. The van der Waals surface area contributed by atoms with E-state index in [2.05, 4.69) is 10.5 Å². The minimum atomic E-state index is -3.78. The predicted octanol–water partition coefficient (Wildman–Crippen LogP) is 3.30. The van der Waals surface area contributed by atoms with Crippen molar-refractivity contribution < 1.29 is 13.2 Å². The minimum Gasteiger partial charge on any atom is -0.271 e. The molecule has 2 aromatic rings. The van der Waals surface area contributed by atoms with E-state index in [1.165, 1.54) is 34.8 Å². The second-order valence-electron chi connectivity index (χ2n) is 6.01. The molecule has 1 aliphatic heterocycles. The lowest BCUT2D eigenvalue weighted by Crippen LogP contribution is -2.44. The van der Waals surface area contributed by atoms with Gasteiger partial charge in [-0.15, -0.1) is 0 Å². The maximum Gasteiger partial charge on any atom is 0.258 e. The van der Waals surface area contributed by atoms with Gasteiger partial charge in [0.15, 0.2) is 0 Å². The average Bonchev–Trinajstić information content (AvgIpc) is 3.14. The molecule has 0 saturated carbocycles. The molecule has 142 valence electrons. The Balaban J connectivity index is 1.70. The summed E-state index contributed by atoms with van der Waals surface area (Å²) in [5.74, 6) is -0.463. The molecular weight excluding hydrogens is 409 g/mol. The molecule has 6 nitrogen and oxygen atoms in total. The van der Waals surface area contributed by atoms with E-state index >= 15 is 0 Å². The fraction of sp³-hybridized carbons (Fsp3) is 0.222. The lowest BCUT2D eigenvalue weighted by Gasteiger charge is -2.22. The van der Waals surface area contributed by atoms with Gasteiger partial charge in [0.1, 0.15) is 6.04 Å². The summed E-state index contributed by atoms with van der Waals surface area (Å²) < 4.78 is 26.9. The molecule has 1 atom stereocenters. The van der Waals surface area contributed by atoms with Crippen LogP contribution in [-0.2, 0) is 14.8 Å². The normalized spacial score (nSPS) is 18.1. The van der Waals surface area contributed by atoms with E-state index in [0.717, 1.165) is 5.56 Å². The van der Waals surface area contributed by atoms with E-state index < -0.39 is 22.0 Å². The number of benzene rings is 2. The van der Waals surface area contributed by atoms with Gasteiger partial charge in [0.05, 0.1) is 11.1 Å². The molecule has 0 bridgehead atoms. The topological polar surface area (TPSA) is 78.8 Å². The van der Waals surface area contributed by atoms with Crippen LogP contribution < -0.4 is 5.43 Å². The van der Waals surface area contributed by atoms with Crippen LogP contribution in [0, 0.1) is 0 Å². The molecule has 27 heavy (non-hydrogen) atoms. The van der Waals surface area contributed by atoms with Crippen molar-refractivity contribution in [2.24, 2.45) is 5.10 Å². The van der Waals surface area contributed by atoms with Crippen molar-refractivity contribution in [2.75, 3.05) is 6.54 Å². The first kappa shape index (κ1) is 19.8. The number of hydrogen-bond donors (Lipinski definition) is 1. The van der Waals surface area contributed by atoms with Crippen molar-refractivity contribution in [2.45, 2.75) is 23.8 Å². The van der Waals surface area contributed by atoms with Gasteiger partial charge in [-0.2, -0.15) is 9.41 Å². The number of carbonyl (C=O) groups excluding carboxylic acids is 1. The molecule has 1 unspecified atom stereocenters. The molecule has 0 radical (unpaired) electrons. The summed E-state index contributed by atoms with van der Waals surface area (Å²) in [7, 11) is -3.78. The van der Waals surface area contributed by atoms with Gasteiger partial charge in [-0.1, -0.05) is 35.3 Å². The summed E-state index contributed by atoms with van der Waals surface area (Å²) in [6, 6.07) is 12.0. The first-order valence-electron chi connectivity index (χ1n) is 8.24. The highest BCUT2D eigenvalue weighted by Crippen LogP contribution is 2.27. The van der Waals surface area contributed by atoms with Crippen LogP contribution in [0.4, 0.5) is 0 Å². The summed E-state index contributed by atoms with van der Waals surface area (Å²) in [5, 5.41) is 4.96. The smallest absolute Gasteiger partial charge is 0.258 e. The second-order valence-corrected chi connectivity index (χ2v) is 8.78. The van der Waals surface area contributed by atoms with Gasteiger partial charge in [-0.25, -0.2) is 13.8 Å². The largest absolute Gasteiger partial charge is 0.271 e. The minimum absolute atomic E-state index is 0.108. The lowest BCUT2D eigenvalue weighted by atomic mass is 10.2. The van der Waals surface area contributed by atoms with Gasteiger partial charge in [0.25, 0.3) is 5.91 Å². The molecule has 1 N–H and O–H groups in total. The quantitative estimate of drug-likeness (QED) is 0.589. The Morgan fingerprint density at radius 3 is 2.30 bits per heavy atom. The average molecular weight is 426 g/mol. The summed E-state index contributed by atoms with van der Waals surface area (Å²) in [5.41, 5.74) is 3.18. The summed E-state index contributed by atoms with van der Waals surface area (Å²) in [6.45, 7) is 0.282. The highest BCUT2D eigenvalue weighted by Gasteiger charge is 2.39. The van der Waals surface area contributed by atoms with Crippen LogP contribution in [0.25, 0.3) is 0 Å². The molecule has 1 fully saturated rings. The molecule has 0 aliphatic carbocycles. The number of sulfonamides is 1. The number of hydrogen-bond acceptors (Lipinski definition) is 4. The van der Waals surface area contributed by atoms with Gasteiger partial charge in [0.2, 0.25) is 10.0 Å². The molecule has 3 rings (SSSR count). The zero-order chi connectivity index (χ0) is 19.4. The maximum atomic E-state index is 12.8. The zero-order valence-electron chi connectivity index (χ0n) is 14.2. The fourth-order valence-electron chi connectivity index (χ4n) is 2.83. The van der Waals surface area contributed by atoms with E-state index in [1.807, 2.05) is 0 Å². The van der Waals surface area contributed by atoms with Gasteiger partial charge in [-0.3, -0.25) is 4.79 Å². The first-order valence-corrected chi connectivity index (χ1v) is 10.4. The van der Waals surface area contributed by atoms with Crippen LogP contribution >= 0.6 is 23.2 Å². The van der Waals surface area contributed by atoms with Crippen molar-refractivity contribution in [1.29, 1.82) is 0 Å². The van der Waals surface area contributed by atoms with Gasteiger partial charge < -0.3 is 0 Å². The van der Waals surface area contributed by atoms with Crippen molar-refractivity contribution >= 4 is 45.3 Å². The van der Waals surface area contributed by atoms with E-state index in [4.69, 9.17) is 23.2 Å². The Labute approximate surface area is 167 Å². The lowest BCUT2D eigenvalue weighted by molar-refractivity contribution is -0.124. The van der Waals surface area contributed by atoms with Crippen molar-refractivity contribution in [3.05, 3.63) is 64.1 Å². The number of rotatable bonds is 5. The van der Waals surface area contributed by atoms with E-state index in [1.54, 1.807) is 24.3 Å². The third-order valence-electron chi connectivity index (χ3n) is 4.18. The first-order chi connectivity index (χ1) is 12.9. The van der Waals surface area contributed by atoms with Gasteiger partial charge in [0, 0.05) is 16.6 Å².